The molecule has 2 unspecified atom stereocenters. The van der Waals surface area contributed by atoms with E-state index in [4.69, 9.17) is 4.74 Å². The van der Waals surface area contributed by atoms with Crippen LogP contribution in [0.15, 0.2) is 78.9 Å². The molecule has 0 radical (unpaired) electrons. The van der Waals surface area contributed by atoms with E-state index in [9.17, 15) is 18.8 Å². The summed E-state index contributed by atoms with van der Waals surface area (Å²) in [6.07, 6.45) is -0.435. The third kappa shape index (κ3) is 5.84. The molecule has 1 saturated heterocycles. The first kappa shape index (κ1) is 23.9. The van der Waals surface area contributed by atoms with Gasteiger partial charge < -0.3 is 15.4 Å². The average Bonchev–Trinajstić information content (AvgIpc) is 3.17. The number of anilines is 2. The number of hydrogen-bond acceptors (Lipinski definition) is 4. The van der Waals surface area contributed by atoms with Crippen LogP contribution in [0.4, 0.5) is 20.6 Å². The van der Waals surface area contributed by atoms with Crippen LogP contribution in [0.5, 0.6) is 0 Å². The highest BCUT2D eigenvalue weighted by molar-refractivity contribution is 5.98. The Labute approximate surface area is 202 Å². The maximum Gasteiger partial charge on any atom is 0.411 e. The molecule has 180 valence electrons. The lowest BCUT2D eigenvalue weighted by molar-refractivity contribution is -0.121. The van der Waals surface area contributed by atoms with Crippen LogP contribution in [0.25, 0.3) is 0 Å². The van der Waals surface area contributed by atoms with Crippen LogP contribution >= 0.6 is 0 Å². The Kier molecular flexibility index (Phi) is 7.40. The highest BCUT2D eigenvalue weighted by Gasteiger charge is 2.47. The minimum absolute atomic E-state index is 0.121. The second kappa shape index (κ2) is 10.8. The molecule has 3 aromatic rings. The molecule has 3 aromatic carbocycles. The molecule has 1 fully saturated rings. The number of ether oxygens (including phenoxy) is 1. The molecule has 7 nitrogen and oxygen atoms in total. The van der Waals surface area contributed by atoms with Crippen molar-refractivity contribution < 1.29 is 23.5 Å². The summed E-state index contributed by atoms with van der Waals surface area (Å²) in [5, 5.41) is 5.59. The van der Waals surface area contributed by atoms with E-state index < -0.39 is 30.0 Å². The van der Waals surface area contributed by atoms with Crippen molar-refractivity contribution in [3.05, 3.63) is 95.8 Å². The van der Waals surface area contributed by atoms with Gasteiger partial charge in [0.1, 0.15) is 5.82 Å². The molecule has 1 heterocycles. The number of benzene rings is 3. The minimum atomic E-state index is -0.991. The molecule has 0 spiro atoms. The van der Waals surface area contributed by atoms with Crippen LogP contribution in [0, 0.1) is 5.82 Å². The van der Waals surface area contributed by atoms with Gasteiger partial charge in [-0.15, -0.1) is 0 Å². The van der Waals surface area contributed by atoms with Gasteiger partial charge >= 0.3 is 6.09 Å². The molecule has 8 heteroatoms. The smallest absolute Gasteiger partial charge is 0.411 e. The number of halogens is 1. The Morgan fingerprint density at radius 3 is 2.40 bits per heavy atom. The van der Waals surface area contributed by atoms with Gasteiger partial charge in [0.05, 0.1) is 6.54 Å². The van der Waals surface area contributed by atoms with Crippen LogP contribution in [0.2, 0.25) is 0 Å². The van der Waals surface area contributed by atoms with Gasteiger partial charge in [0.25, 0.3) is 5.91 Å². The summed E-state index contributed by atoms with van der Waals surface area (Å²) in [4.78, 5) is 39.8. The number of hydrogen-bond donors (Lipinski definition) is 2. The lowest BCUT2D eigenvalue weighted by atomic mass is 10.00. The summed E-state index contributed by atoms with van der Waals surface area (Å²) >= 11 is 0. The van der Waals surface area contributed by atoms with Crippen LogP contribution < -0.4 is 10.6 Å². The molecular formula is C27H26FN3O4. The minimum Gasteiger partial charge on any atom is -0.438 e. The Morgan fingerprint density at radius 2 is 1.69 bits per heavy atom. The van der Waals surface area contributed by atoms with Crippen molar-refractivity contribution in [2.24, 2.45) is 0 Å². The fourth-order valence-corrected chi connectivity index (χ4v) is 3.98. The van der Waals surface area contributed by atoms with Crippen LogP contribution in [-0.4, -0.2) is 28.8 Å². The van der Waals surface area contributed by atoms with E-state index in [2.05, 4.69) is 10.6 Å². The number of carbonyl (C=O) groups is 3. The Bertz CT molecular complexity index is 1200. The second-order valence-electron chi connectivity index (χ2n) is 8.28. The molecule has 0 aromatic heterocycles. The Hall–Kier alpha value is -4.20. The molecule has 1 aliphatic rings. The third-order valence-electron chi connectivity index (χ3n) is 5.64. The summed E-state index contributed by atoms with van der Waals surface area (Å²) in [7, 11) is 0. The fourth-order valence-electron chi connectivity index (χ4n) is 3.98. The van der Waals surface area contributed by atoms with Gasteiger partial charge in [-0.2, -0.15) is 0 Å². The monoisotopic (exact) mass is 475 g/mol. The summed E-state index contributed by atoms with van der Waals surface area (Å²) < 4.78 is 19.0. The summed E-state index contributed by atoms with van der Waals surface area (Å²) in [6, 6.07) is 20.6. The topological polar surface area (TPSA) is 87.7 Å². The van der Waals surface area contributed by atoms with Gasteiger partial charge in [0.2, 0.25) is 5.91 Å². The molecule has 1 aliphatic heterocycles. The molecular weight excluding hydrogens is 449 g/mol. The van der Waals surface area contributed by atoms with Crippen LogP contribution in [-0.2, 0) is 20.9 Å². The van der Waals surface area contributed by atoms with E-state index in [-0.39, 0.29) is 12.5 Å². The Morgan fingerprint density at radius 1 is 0.943 bits per heavy atom. The number of rotatable bonds is 8. The maximum absolute atomic E-state index is 13.4. The number of nitrogens with zero attached hydrogens (tertiary/aromatic N) is 1. The van der Waals surface area contributed by atoms with Crippen molar-refractivity contribution >= 4 is 29.3 Å². The molecule has 3 amide bonds. The number of nitrogens with one attached hydrogen (secondary N) is 2. The predicted octanol–water partition coefficient (Wildman–Crippen LogP) is 5.27. The first-order chi connectivity index (χ1) is 16.9. The molecule has 2 atom stereocenters. The standard InChI is InChI=1S/C27H26FN3O4/c1-2-7-23(32)29-22-11-6-10-19(16-22)25-24(26(33)30-21-14-12-20(28)13-15-21)31(27(34)35-25)17-18-8-4-3-5-9-18/h3-6,8-16,24-25H,2,7,17H2,1H3,(H,29,32)(H,30,33). The molecule has 35 heavy (non-hydrogen) atoms. The Balaban J connectivity index is 1.64. The van der Waals surface area contributed by atoms with E-state index in [1.807, 2.05) is 37.3 Å². The van der Waals surface area contributed by atoms with Crippen molar-refractivity contribution in [2.45, 2.75) is 38.5 Å². The van der Waals surface area contributed by atoms with E-state index in [0.29, 0.717) is 29.8 Å². The van der Waals surface area contributed by atoms with Crippen molar-refractivity contribution in [1.29, 1.82) is 0 Å². The van der Waals surface area contributed by atoms with Gasteiger partial charge in [-0.3, -0.25) is 14.5 Å². The maximum atomic E-state index is 13.4. The average molecular weight is 476 g/mol. The first-order valence-corrected chi connectivity index (χ1v) is 11.4. The highest BCUT2D eigenvalue weighted by Crippen LogP contribution is 2.35. The predicted molar refractivity (Wildman–Crippen MR) is 130 cm³/mol. The van der Waals surface area contributed by atoms with Crippen LogP contribution in [0.3, 0.4) is 0 Å². The number of cyclic esters (lactones) is 1. The van der Waals surface area contributed by atoms with Crippen molar-refractivity contribution in [1.82, 2.24) is 4.90 Å². The van der Waals surface area contributed by atoms with Gasteiger partial charge in [-0.25, -0.2) is 9.18 Å². The van der Waals surface area contributed by atoms with Gasteiger partial charge in [0, 0.05) is 17.8 Å². The zero-order valence-electron chi connectivity index (χ0n) is 19.2. The largest absolute Gasteiger partial charge is 0.438 e. The number of amides is 3. The van der Waals surface area contributed by atoms with Gasteiger partial charge in [-0.1, -0.05) is 49.4 Å². The normalized spacial score (nSPS) is 17.1. The lowest BCUT2D eigenvalue weighted by Gasteiger charge is -2.24. The van der Waals surface area contributed by atoms with Crippen molar-refractivity contribution in [3.8, 4) is 0 Å². The molecule has 0 aliphatic carbocycles. The van der Waals surface area contributed by atoms with E-state index in [1.54, 1.807) is 24.3 Å². The summed E-state index contributed by atoms with van der Waals surface area (Å²) in [5.74, 6) is -1.01. The second-order valence-corrected chi connectivity index (χ2v) is 8.28. The molecule has 4 rings (SSSR count). The lowest BCUT2D eigenvalue weighted by Crippen LogP contribution is -2.43. The van der Waals surface area contributed by atoms with E-state index in [1.165, 1.54) is 29.2 Å². The van der Waals surface area contributed by atoms with Crippen LogP contribution in [0.1, 0.15) is 37.0 Å². The molecule has 0 bridgehead atoms. The molecule has 0 saturated carbocycles. The zero-order valence-corrected chi connectivity index (χ0v) is 19.2. The molecule has 2 N–H and O–H groups in total. The van der Waals surface area contributed by atoms with E-state index >= 15 is 0 Å². The first-order valence-electron chi connectivity index (χ1n) is 11.4. The summed E-state index contributed by atoms with van der Waals surface area (Å²) in [5.41, 5.74) is 2.36. The SMILES string of the molecule is CCCC(=O)Nc1cccc(C2OC(=O)N(Cc3ccccc3)C2C(=O)Nc2ccc(F)cc2)c1. The van der Waals surface area contributed by atoms with Crippen molar-refractivity contribution in [3.63, 3.8) is 0 Å². The summed E-state index contributed by atoms with van der Waals surface area (Å²) in [6.45, 7) is 2.09. The van der Waals surface area contributed by atoms with Gasteiger partial charge in [-0.05, 0) is 53.9 Å². The third-order valence-corrected chi connectivity index (χ3v) is 5.64. The van der Waals surface area contributed by atoms with Crippen molar-refractivity contribution in [2.75, 3.05) is 10.6 Å². The fraction of sp³-hybridized carbons (Fsp3) is 0.222. The number of carbonyl (C=O) groups excluding carboxylic acids is 3. The zero-order chi connectivity index (χ0) is 24.8. The highest BCUT2D eigenvalue weighted by atomic mass is 19.1. The van der Waals surface area contributed by atoms with Gasteiger partial charge in [0.15, 0.2) is 12.1 Å². The quantitative estimate of drug-likeness (QED) is 0.465. The van der Waals surface area contributed by atoms with E-state index in [0.717, 1.165) is 5.56 Å².